The summed E-state index contributed by atoms with van der Waals surface area (Å²) in [5.41, 5.74) is 2.19. The van der Waals surface area contributed by atoms with Crippen molar-refractivity contribution in [2.24, 2.45) is 5.92 Å². The molecule has 0 aliphatic carbocycles. The van der Waals surface area contributed by atoms with E-state index in [0.29, 0.717) is 12.3 Å². The monoisotopic (exact) mass is 277 g/mol. The van der Waals surface area contributed by atoms with Crippen molar-refractivity contribution in [1.82, 2.24) is 5.32 Å². The fourth-order valence-electron chi connectivity index (χ4n) is 1.79. The van der Waals surface area contributed by atoms with Gasteiger partial charge in [-0.2, -0.15) is 0 Å². The minimum atomic E-state index is -0.434. The Labute approximate surface area is 122 Å². The van der Waals surface area contributed by atoms with Gasteiger partial charge in [0.15, 0.2) is 6.10 Å². The summed E-state index contributed by atoms with van der Waals surface area (Å²) in [4.78, 5) is 12.3. The molecule has 1 rings (SSSR count). The largest absolute Gasteiger partial charge is 0.480 e. The molecule has 0 fully saturated rings. The van der Waals surface area contributed by atoms with Crippen LogP contribution in [0.4, 0.5) is 0 Å². The number of rotatable bonds is 6. The maximum absolute atomic E-state index is 12.3. The second-order valence-corrected chi connectivity index (χ2v) is 5.82. The molecule has 3 heteroatoms. The first-order valence-corrected chi connectivity index (χ1v) is 7.39. The number of amides is 1. The standard InChI is InChI=1S/C17H27NO2/c1-7-15(17(19)18-14(6)11(2)3)20-16-10-12(4)8-9-13(16)5/h8-11,14-15H,7H2,1-6H3,(H,18,19)/t14-,15-/m1/s1. The zero-order valence-corrected chi connectivity index (χ0v) is 13.5. The van der Waals surface area contributed by atoms with Crippen LogP contribution in [0.25, 0.3) is 0 Å². The van der Waals surface area contributed by atoms with E-state index in [2.05, 4.69) is 19.2 Å². The first-order valence-electron chi connectivity index (χ1n) is 7.39. The van der Waals surface area contributed by atoms with Gasteiger partial charge >= 0.3 is 0 Å². The molecule has 0 saturated heterocycles. The van der Waals surface area contributed by atoms with Crippen molar-refractivity contribution in [2.45, 2.75) is 60.1 Å². The van der Waals surface area contributed by atoms with Crippen molar-refractivity contribution in [3.63, 3.8) is 0 Å². The third-order valence-electron chi connectivity index (χ3n) is 3.65. The van der Waals surface area contributed by atoms with Crippen LogP contribution in [0.1, 0.15) is 45.2 Å². The minimum Gasteiger partial charge on any atom is -0.480 e. The van der Waals surface area contributed by atoms with Gasteiger partial charge in [0, 0.05) is 6.04 Å². The summed E-state index contributed by atoms with van der Waals surface area (Å²) >= 11 is 0. The minimum absolute atomic E-state index is 0.0328. The molecule has 2 atom stereocenters. The third-order valence-corrected chi connectivity index (χ3v) is 3.65. The molecule has 1 amide bonds. The number of ether oxygens (including phenoxy) is 1. The molecule has 0 aliphatic rings. The molecule has 0 radical (unpaired) electrons. The van der Waals surface area contributed by atoms with Gasteiger partial charge in [0.2, 0.25) is 0 Å². The van der Waals surface area contributed by atoms with Gasteiger partial charge in [0.05, 0.1) is 0 Å². The summed E-state index contributed by atoms with van der Waals surface area (Å²) < 4.78 is 5.91. The van der Waals surface area contributed by atoms with Crippen LogP contribution in [0, 0.1) is 19.8 Å². The van der Waals surface area contributed by atoms with E-state index in [1.807, 2.05) is 45.9 Å². The summed E-state index contributed by atoms with van der Waals surface area (Å²) in [5, 5.41) is 3.02. The van der Waals surface area contributed by atoms with E-state index in [-0.39, 0.29) is 11.9 Å². The maximum Gasteiger partial charge on any atom is 0.261 e. The highest BCUT2D eigenvalue weighted by Crippen LogP contribution is 2.21. The van der Waals surface area contributed by atoms with Gasteiger partial charge in [0.25, 0.3) is 5.91 Å². The van der Waals surface area contributed by atoms with E-state index in [1.165, 1.54) is 0 Å². The first kappa shape index (κ1) is 16.5. The lowest BCUT2D eigenvalue weighted by molar-refractivity contribution is -0.129. The van der Waals surface area contributed by atoms with Gasteiger partial charge in [-0.25, -0.2) is 0 Å². The lowest BCUT2D eigenvalue weighted by atomic mass is 10.1. The molecule has 1 N–H and O–H groups in total. The second kappa shape index (κ2) is 7.32. The molecule has 0 heterocycles. The molecular weight excluding hydrogens is 250 g/mol. The molecule has 112 valence electrons. The fourth-order valence-corrected chi connectivity index (χ4v) is 1.79. The Hall–Kier alpha value is -1.51. The van der Waals surface area contributed by atoms with E-state index in [0.717, 1.165) is 16.9 Å². The van der Waals surface area contributed by atoms with E-state index < -0.39 is 6.10 Å². The van der Waals surface area contributed by atoms with Crippen molar-refractivity contribution in [1.29, 1.82) is 0 Å². The van der Waals surface area contributed by atoms with Crippen molar-refractivity contribution < 1.29 is 9.53 Å². The number of nitrogens with one attached hydrogen (secondary N) is 1. The summed E-state index contributed by atoms with van der Waals surface area (Å²) in [5.74, 6) is 1.18. The zero-order chi connectivity index (χ0) is 15.3. The maximum atomic E-state index is 12.3. The Balaban J connectivity index is 2.76. The first-order chi connectivity index (χ1) is 9.35. The molecule has 1 aromatic carbocycles. The lowest BCUT2D eigenvalue weighted by Crippen LogP contribution is -2.44. The highest BCUT2D eigenvalue weighted by atomic mass is 16.5. The van der Waals surface area contributed by atoms with Gasteiger partial charge < -0.3 is 10.1 Å². The fraction of sp³-hybridized carbons (Fsp3) is 0.588. The average Bonchev–Trinajstić information content (AvgIpc) is 2.39. The average molecular weight is 277 g/mol. The number of carbonyl (C=O) groups excluding carboxylic acids is 1. The predicted molar refractivity (Wildman–Crippen MR) is 83.1 cm³/mol. The molecule has 0 aliphatic heterocycles. The highest BCUT2D eigenvalue weighted by molar-refractivity contribution is 5.81. The van der Waals surface area contributed by atoms with Crippen LogP contribution in [0.3, 0.4) is 0 Å². The van der Waals surface area contributed by atoms with E-state index in [4.69, 9.17) is 4.74 Å². The summed E-state index contributed by atoms with van der Waals surface area (Å²) in [7, 11) is 0. The number of carbonyl (C=O) groups is 1. The molecule has 0 aromatic heterocycles. The van der Waals surface area contributed by atoms with Gasteiger partial charge in [-0.3, -0.25) is 4.79 Å². The molecule has 3 nitrogen and oxygen atoms in total. The molecule has 0 saturated carbocycles. The van der Waals surface area contributed by atoms with Gasteiger partial charge in [-0.1, -0.05) is 32.9 Å². The van der Waals surface area contributed by atoms with E-state index in [9.17, 15) is 4.79 Å². The van der Waals surface area contributed by atoms with Crippen molar-refractivity contribution in [3.05, 3.63) is 29.3 Å². The number of aryl methyl sites for hydroxylation is 2. The Morgan fingerprint density at radius 1 is 1.25 bits per heavy atom. The zero-order valence-electron chi connectivity index (χ0n) is 13.5. The van der Waals surface area contributed by atoms with Gasteiger partial charge in [0.1, 0.15) is 5.75 Å². The number of hydrogen-bond donors (Lipinski definition) is 1. The molecule has 1 aromatic rings. The quantitative estimate of drug-likeness (QED) is 0.862. The van der Waals surface area contributed by atoms with Crippen molar-refractivity contribution >= 4 is 5.91 Å². The summed E-state index contributed by atoms with van der Waals surface area (Å²) in [6, 6.07) is 6.20. The molecular formula is C17H27NO2. The number of benzene rings is 1. The SMILES string of the molecule is CC[C@@H](Oc1cc(C)ccc1C)C(=O)N[C@H](C)C(C)C. The predicted octanol–water partition coefficient (Wildman–Crippen LogP) is 3.62. The Morgan fingerprint density at radius 3 is 2.45 bits per heavy atom. The molecule has 0 spiro atoms. The summed E-state index contributed by atoms with van der Waals surface area (Å²) in [6.45, 7) is 12.2. The molecule has 0 unspecified atom stereocenters. The van der Waals surface area contributed by atoms with E-state index >= 15 is 0 Å². The summed E-state index contributed by atoms with van der Waals surface area (Å²) in [6.07, 6.45) is 0.223. The van der Waals surface area contributed by atoms with E-state index in [1.54, 1.807) is 0 Å². The Bertz CT molecular complexity index is 454. The van der Waals surface area contributed by atoms with Crippen LogP contribution in [0.15, 0.2) is 18.2 Å². The number of hydrogen-bond acceptors (Lipinski definition) is 2. The van der Waals surface area contributed by atoms with Crippen molar-refractivity contribution in [2.75, 3.05) is 0 Å². The highest BCUT2D eigenvalue weighted by Gasteiger charge is 2.21. The van der Waals surface area contributed by atoms with Gasteiger partial charge in [-0.15, -0.1) is 0 Å². The van der Waals surface area contributed by atoms with Gasteiger partial charge in [-0.05, 0) is 50.3 Å². The Kier molecular flexibility index (Phi) is 6.05. The van der Waals surface area contributed by atoms with Crippen LogP contribution < -0.4 is 10.1 Å². The smallest absolute Gasteiger partial charge is 0.261 e. The van der Waals surface area contributed by atoms with Crippen LogP contribution in [0.5, 0.6) is 5.75 Å². The van der Waals surface area contributed by atoms with Crippen LogP contribution >= 0.6 is 0 Å². The second-order valence-electron chi connectivity index (χ2n) is 5.82. The van der Waals surface area contributed by atoms with Crippen LogP contribution in [0.2, 0.25) is 0 Å². The van der Waals surface area contributed by atoms with Crippen LogP contribution in [-0.2, 0) is 4.79 Å². The van der Waals surface area contributed by atoms with Crippen LogP contribution in [-0.4, -0.2) is 18.1 Å². The molecule has 20 heavy (non-hydrogen) atoms. The lowest BCUT2D eigenvalue weighted by Gasteiger charge is -2.23. The topological polar surface area (TPSA) is 38.3 Å². The van der Waals surface area contributed by atoms with Crippen molar-refractivity contribution in [3.8, 4) is 5.75 Å². The normalized spacial score (nSPS) is 13.9. The third kappa shape index (κ3) is 4.55. The molecule has 0 bridgehead atoms. The Morgan fingerprint density at radius 2 is 1.90 bits per heavy atom.